The molecule has 1 saturated heterocycles. The summed E-state index contributed by atoms with van der Waals surface area (Å²) in [6.07, 6.45) is 7.82. The number of pyridine rings is 1. The highest BCUT2D eigenvalue weighted by molar-refractivity contribution is 5.97. The molecule has 6 nitrogen and oxygen atoms in total. The molecule has 1 saturated carbocycles. The molecule has 0 bridgehead atoms. The van der Waals surface area contributed by atoms with Crippen LogP contribution in [0.1, 0.15) is 44.2 Å². The zero-order chi connectivity index (χ0) is 18.1. The van der Waals surface area contributed by atoms with Crippen LogP contribution in [0.5, 0.6) is 0 Å². The molecule has 2 aromatic rings. The Balaban J connectivity index is 1.55. The molecule has 0 radical (unpaired) electrons. The third kappa shape index (κ3) is 3.38. The Hall–Kier alpha value is -2.21. The maximum atomic E-state index is 11.4. The molecular weight excluding hydrogens is 330 g/mol. The summed E-state index contributed by atoms with van der Waals surface area (Å²) >= 11 is 0. The molecule has 2 heterocycles. The number of piperidine rings is 1. The Labute approximate surface area is 153 Å². The van der Waals surface area contributed by atoms with E-state index in [4.69, 9.17) is 4.74 Å². The number of benzene rings is 1. The number of ether oxygens (including phenoxy) is 1. The fraction of sp³-hybridized carbons (Fsp3) is 0.550. The normalized spacial score (nSPS) is 19.3. The van der Waals surface area contributed by atoms with Gasteiger partial charge >= 0.3 is 0 Å². The van der Waals surface area contributed by atoms with E-state index >= 15 is 0 Å². The number of hydrogen-bond acceptors (Lipinski definition) is 5. The summed E-state index contributed by atoms with van der Waals surface area (Å²) in [7, 11) is 0. The molecule has 4 rings (SSSR count). The highest BCUT2D eigenvalue weighted by Crippen LogP contribution is 2.34. The number of para-hydroxylation sites is 1. The third-order valence-corrected chi connectivity index (χ3v) is 5.59. The van der Waals surface area contributed by atoms with Crippen LogP contribution in [0.3, 0.4) is 0 Å². The molecular formula is C20H25N3O3. The molecule has 1 aliphatic heterocycles. The van der Waals surface area contributed by atoms with Gasteiger partial charge in [-0.1, -0.05) is 25.0 Å². The van der Waals surface area contributed by atoms with Crippen LogP contribution < -0.4 is 4.90 Å². The lowest BCUT2D eigenvalue weighted by atomic mass is 10.0. The van der Waals surface area contributed by atoms with E-state index in [1.165, 1.54) is 31.7 Å². The zero-order valence-electron chi connectivity index (χ0n) is 15.2. The van der Waals surface area contributed by atoms with E-state index in [2.05, 4.69) is 9.88 Å². The van der Waals surface area contributed by atoms with E-state index in [0.717, 1.165) is 42.7 Å². The first-order chi connectivity index (χ1) is 12.6. The number of nitro groups is 1. The number of anilines is 1. The predicted molar refractivity (Wildman–Crippen MR) is 102 cm³/mol. The highest BCUT2D eigenvalue weighted by atomic mass is 16.6. The van der Waals surface area contributed by atoms with E-state index in [-0.39, 0.29) is 10.6 Å². The standard InChI is InChI=1S/C20H25N3O3/c1-14-13-19(17-7-4-8-18(23(24)25)20(17)21-14)22-11-9-16(10-12-22)26-15-5-2-3-6-15/h4,7-8,13,15-16H,2-3,5-6,9-12H2,1H3. The van der Waals surface area contributed by atoms with Crippen molar-refractivity contribution < 1.29 is 9.66 Å². The van der Waals surface area contributed by atoms with Gasteiger partial charge in [-0.15, -0.1) is 0 Å². The average Bonchev–Trinajstić information content (AvgIpc) is 3.14. The van der Waals surface area contributed by atoms with Crippen molar-refractivity contribution in [1.29, 1.82) is 0 Å². The molecule has 26 heavy (non-hydrogen) atoms. The number of fused-ring (bicyclic) bond motifs is 1. The molecule has 2 aliphatic rings. The van der Waals surface area contributed by atoms with Crippen molar-refractivity contribution >= 4 is 22.3 Å². The summed E-state index contributed by atoms with van der Waals surface area (Å²) in [6, 6.07) is 7.26. The first-order valence-electron chi connectivity index (χ1n) is 9.57. The van der Waals surface area contributed by atoms with Crippen LogP contribution in [-0.2, 0) is 4.74 Å². The van der Waals surface area contributed by atoms with Gasteiger partial charge in [0.1, 0.15) is 0 Å². The van der Waals surface area contributed by atoms with E-state index in [1.807, 2.05) is 19.1 Å². The van der Waals surface area contributed by atoms with E-state index in [1.54, 1.807) is 6.07 Å². The first kappa shape index (κ1) is 17.2. The molecule has 1 aromatic heterocycles. The first-order valence-corrected chi connectivity index (χ1v) is 9.57. The van der Waals surface area contributed by atoms with Gasteiger partial charge in [-0.2, -0.15) is 0 Å². The molecule has 0 amide bonds. The number of nitro benzene ring substituents is 1. The summed E-state index contributed by atoms with van der Waals surface area (Å²) in [4.78, 5) is 17.8. The van der Waals surface area contributed by atoms with Gasteiger partial charge in [0.2, 0.25) is 0 Å². The van der Waals surface area contributed by atoms with E-state index in [0.29, 0.717) is 17.7 Å². The quantitative estimate of drug-likeness (QED) is 0.601. The average molecular weight is 355 g/mol. The second kappa shape index (κ2) is 7.19. The molecule has 0 spiro atoms. The van der Waals surface area contributed by atoms with Crippen molar-refractivity contribution in [1.82, 2.24) is 4.98 Å². The molecule has 0 N–H and O–H groups in total. The van der Waals surface area contributed by atoms with E-state index < -0.39 is 0 Å². The van der Waals surface area contributed by atoms with Gasteiger partial charge in [0.15, 0.2) is 5.52 Å². The molecule has 6 heteroatoms. The molecule has 0 atom stereocenters. The van der Waals surface area contributed by atoms with Gasteiger partial charge in [-0.25, -0.2) is 4.98 Å². The topological polar surface area (TPSA) is 68.5 Å². The maximum Gasteiger partial charge on any atom is 0.295 e. The number of hydrogen-bond donors (Lipinski definition) is 0. The summed E-state index contributed by atoms with van der Waals surface area (Å²) in [6.45, 7) is 3.73. The van der Waals surface area contributed by atoms with Crippen LogP contribution in [0.15, 0.2) is 24.3 Å². The van der Waals surface area contributed by atoms with Crippen molar-refractivity contribution in [3.63, 3.8) is 0 Å². The van der Waals surface area contributed by atoms with Crippen molar-refractivity contribution in [2.75, 3.05) is 18.0 Å². The summed E-state index contributed by atoms with van der Waals surface area (Å²) < 4.78 is 6.27. The minimum atomic E-state index is -0.347. The van der Waals surface area contributed by atoms with Gasteiger partial charge in [-0.05, 0) is 38.7 Å². The van der Waals surface area contributed by atoms with Crippen molar-refractivity contribution in [2.45, 2.75) is 57.7 Å². The van der Waals surface area contributed by atoms with E-state index in [9.17, 15) is 10.1 Å². The van der Waals surface area contributed by atoms with Crippen LogP contribution in [0.25, 0.3) is 10.9 Å². The molecule has 0 unspecified atom stereocenters. The summed E-state index contributed by atoms with van der Waals surface area (Å²) in [5.41, 5.74) is 2.42. The maximum absolute atomic E-state index is 11.4. The Morgan fingerprint density at radius 1 is 1.15 bits per heavy atom. The largest absolute Gasteiger partial charge is 0.375 e. The minimum absolute atomic E-state index is 0.0758. The summed E-state index contributed by atoms with van der Waals surface area (Å²) in [5.74, 6) is 0. The van der Waals surface area contributed by atoms with Crippen molar-refractivity contribution in [2.24, 2.45) is 0 Å². The monoisotopic (exact) mass is 355 g/mol. The van der Waals surface area contributed by atoms with Gasteiger partial charge in [-0.3, -0.25) is 10.1 Å². The number of non-ortho nitro benzene ring substituents is 1. The predicted octanol–water partition coefficient (Wildman–Crippen LogP) is 4.38. The lowest BCUT2D eigenvalue weighted by Gasteiger charge is -2.35. The van der Waals surface area contributed by atoms with Crippen LogP contribution in [0.2, 0.25) is 0 Å². The fourth-order valence-electron chi connectivity index (χ4n) is 4.28. The highest BCUT2D eigenvalue weighted by Gasteiger charge is 2.26. The Morgan fingerprint density at radius 2 is 1.85 bits per heavy atom. The summed E-state index contributed by atoms with van der Waals surface area (Å²) in [5, 5.41) is 12.2. The van der Waals surface area contributed by atoms with Crippen LogP contribution >= 0.6 is 0 Å². The minimum Gasteiger partial charge on any atom is -0.375 e. The number of aromatic nitrogens is 1. The lowest BCUT2D eigenvalue weighted by Crippen LogP contribution is -2.38. The Morgan fingerprint density at radius 3 is 2.54 bits per heavy atom. The van der Waals surface area contributed by atoms with Crippen LogP contribution in [-0.4, -0.2) is 35.2 Å². The van der Waals surface area contributed by atoms with Crippen LogP contribution in [0.4, 0.5) is 11.4 Å². The molecule has 1 aliphatic carbocycles. The van der Waals surface area contributed by atoms with Gasteiger partial charge in [0.05, 0.1) is 17.1 Å². The van der Waals surface area contributed by atoms with Crippen molar-refractivity contribution in [3.05, 3.63) is 40.1 Å². The third-order valence-electron chi connectivity index (χ3n) is 5.59. The molecule has 2 fully saturated rings. The SMILES string of the molecule is Cc1cc(N2CCC(OC3CCCC3)CC2)c2cccc([N+](=O)[O-])c2n1. The number of rotatable bonds is 4. The van der Waals surface area contributed by atoms with Gasteiger partial charge < -0.3 is 9.64 Å². The molecule has 138 valence electrons. The Kier molecular flexibility index (Phi) is 4.76. The smallest absolute Gasteiger partial charge is 0.295 e. The molecule has 1 aromatic carbocycles. The second-order valence-electron chi connectivity index (χ2n) is 7.44. The van der Waals surface area contributed by atoms with Gasteiger partial charge in [0.25, 0.3) is 5.69 Å². The Bertz CT molecular complexity index is 809. The fourth-order valence-corrected chi connectivity index (χ4v) is 4.28. The van der Waals surface area contributed by atoms with Crippen molar-refractivity contribution in [3.8, 4) is 0 Å². The number of aryl methyl sites for hydroxylation is 1. The second-order valence-corrected chi connectivity index (χ2v) is 7.44. The van der Waals surface area contributed by atoms with Gasteiger partial charge in [0, 0.05) is 35.9 Å². The zero-order valence-corrected chi connectivity index (χ0v) is 15.2. The lowest BCUT2D eigenvalue weighted by molar-refractivity contribution is -0.383. The van der Waals surface area contributed by atoms with Crippen LogP contribution in [0, 0.1) is 17.0 Å². The number of nitrogens with zero attached hydrogens (tertiary/aromatic N) is 3.